The van der Waals surface area contributed by atoms with Gasteiger partial charge in [0.25, 0.3) is 5.91 Å². The van der Waals surface area contributed by atoms with Gasteiger partial charge in [-0.25, -0.2) is 19.3 Å². The van der Waals surface area contributed by atoms with Gasteiger partial charge in [-0.15, -0.1) is 0 Å². The van der Waals surface area contributed by atoms with E-state index in [1.807, 2.05) is 6.92 Å². The number of piperidine rings is 1. The fourth-order valence-electron chi connectivity index (χ4n) is 5.14. The summed E-state index contributed by atoms with van der Waals surface area (Å²) in [5, 5.41) is 2.20. The molecule has 0 aliphatic carbocycles. The zero-order valence-corrected chi connectivity index (χ0v) is 22.7. The van der Waals surface area contributed by atoms with E-state index < -0.39 is 34.8 Å². The minimum absolute atomic E-state index is 0.0416. The maximum Gasteiger partial charge on any atom is 0.416 e. The number of nitrogens with one attached hydrogen (secondary N) is 1. The Balaban J connectivity index is 1.54. The highest BCUT2D eigenvalue weighted by molar-refractivity contribution is 6.05. The number of carbonyl (C=O) groups is 2. The first-order valence-corrected chi connectivity index (χ1v) is 13.1. The molecule has 14 heteroatoms. The molecule has 0 spiro atoms. The molecule has 0 bridgehead atoms. The van der Waals surface area contributed by atoms with Gasteiger partial charge in [0.15, 0.2) is 0 Å². The Labute approximate surface area is 237 Å². The molecule has 2 amide bonds. The van der Waals surface area contributed by atoms with Crippen LogP contribution >= 0.6 is 0 Å². The van der Waals surface area contributed by atoms with Gasteiger partial charge in [-0.3, -0.25) is 14.0 Å². The second-order valence-corrected chi connectivity index (χ2v) is 9.80. The van der Waals surface area contributed by atoms with Crippen molar-refractivity contribution < 1.29 is 31.9 Å². The minimum Gasteiger partial charge on any atom is -0.496 e. The first kappa shape index (κ1) is 28.8. The number of carbonyl (C=O) groups excluding carboxylic acids is 2. The average Bonchev–Trinajstić information content (AvgIpc) is 3.37. The number of likely N-dealkylation sites (tertiary alicyclic amines) is 1. The molecule has 1 aromatic carbocycles. The first-order chi connectivity index (χ1) is 20.0. The third-order valence-electron chi connectivity index (χ3n) is 7.17. The number of aromatic nitrogens is 4. The number of benzene rings is 1. The summed E-state index contributed by atoms with van der Waals surface area (Å²) >= 11 is 0. The van der Waals surface area contributed by atoms with E-state index >= 15 is 4.39 Å². The number of halogens is 4. The monoisotopic (exact) mass is 585 g/mol. The lowest BCUT2D eigenvalue weighted by Crippen LogP contribution is -2.39. The Morgan fingerprint density at radius 3 is 2.69 bits per heavy atom. The number of amides is 2. The molecule has 220 valence electrons. The molecule has 1 fully saturated rings. The molecule has 5 rings (SSSR count). The predicted molar refractivity (Wildman–Crippen MR) is 145 cm³/mol. The summed E-state index contributed by atoms with van der Waals surface area (Å²) in [4.78, 5) is 39.8. The molecular weight excluding hydrogens is 558 g/mol. The van der Waals surface area contributed by atoms with Crippen LogP contribution in [0.2, 0.25) is 0 Å². The molecule has 1 atom stereocenters. The van der Waals surface area contributed by atoms with E-state index in [4.69, 9.17) is 15.5 Å². The third kappa shape index (κ3) is 5.43. The number of rotatable bonds is 6. The van der Waals surface area contributed by atoms with Crippen molar-refractivity contribution in [3.63, 3.8) is 0 Å². The van der Waals surface area contributed by atoms with Crippen LogP contribution in [-0.4, -0.2) is 56.3 Å². The number of alkyl halides is 3. The minimum atomic E-state index is -4.65. The molecule has 1 unspecified atom stereocenters. The largest absolute Gasteiger partial charge is 0.496 e. The van der Waals surface area contributed by atoms with Crippen LogP contribution in [0.25, 0.3) is 16.8 Å². The maximum absolute atomic E-state index is 15.5. The Morgan fingerprint density at radius 1 is 1.19 bits per heavy atom. The normalized spacial score (nSPS) is 15.6. The van der Waals surface area contributed by atoms with Gasteiger partial charge < -0.3 is 20.7 Å². The van der Waals surface area contributed by atoms with E-state index in [1.165, 1.54) is 13.3 Å². The zero-order chi connectivity index (χ0) is 30.2. The number of nitrogen functional groups attached to an aromatic ring is 1. The van der Waals surface area contributed by atoms with Crippen LogP contribution in [0, 0.1) is 5.82 Å². The van der Waals surface area contributed by atoms with Crippen LogP contribution in [-0.2, 0) is 11.0 Å². The molecular formula is C28H27F4N7O3. The standard InChI is InChI=1S/C28H27F4N7O3/c1-3-22(40)38-9-4-5-15(14-38)26-37-23(24-25(33)35-8-10-39(24)26)18-12-19(29)17(13-20(18)42-2)27(41)36-21-11-16(6-7-34-21)28(30,31)32/h6-8,10-13,15H,3-5,9,14H2,1-2H3,(H2,33,35)(H,34,36,41). The highest BCUT2D eigenvalue weighted by atomic mass is 19.4. The molecule has 10 nitrogen and oxygen atoms in total. The van der Waals surface area contributed by atoms with Crippen LogP contribution in [0.3, 0.4) is 0 Å². The molecule has 1 aliphatic rings. The van der Waals surface area contributed by atoms with Gasteiger partial charge >= 0.3 is 6.18 Å². The smallest absolute Gasteiger partial charge is 0.416 e. The van der Waals surface area contributed by atoms with Crippen LogP contribution in [0.15, 0.2) is 42.9 Å². The summed E-state index contributed by atoms with van der Waals surface area (Å²) in [6.07, 6.45) is 1.38. The van der Waals surface area contributed by atoms with E-state index in [0.717, 1.165) is 37.2 Å². The number of hydrogen-bond donors (Lipinski definition) is 2. The lowest BCUT2D eigenvalue weighted by Gasteiger charge is -2.32. The summed E-state index contributed by atoms with van der Waals surface area (Å²) < 4.78 is 61.9. The number of hydrogen-bond acceptors (Lipinski definition) is 7. The number of nitrogens with zero attached hydrogens (tertiary/aromatic N) is 5. The van der Waals surface area contributed by atoms with Gasteiger partial charge in [-0.2, -0.15) is 13.2 Å². The molecule has 3 aromatic heterocycles. The number of methoxy groups -OCH3 is 1. The van der Waals surface area contributed by atoms with Crippen LogP contribution in [0.1, 0.15) is 53.8 Å². The number of ether oxygens (including phenoxy) is 1. The fourth-order valence-corrected chi connectivity index (χ4v) is 5.14. The van der Waals surface area contributed by atoms with Gasteiger partial charge in [-0.1, -0.05) is 6.92 Å². The molecule has 4 heterocycles. The Kier molecular flexibility index (Phi) is 7.71. The van der Waals surface area contributed by atoms with E-state index in [0.29, 0.717) is 36.9 Å². The summed E-state index contributed by atoms with van der Waals surface area (Å²) in [5.74, 6) is -1.67. The highest BCUT2D eigenvalue weighted by Crippen LogP contribution is 2.39. The molecule has 0 radical (unpaired) electrons. The van der Waals surface area contributed by atoms with Gasteiger partial charge in [-0.05, 0) is 37.1 Å². The van der Waals surface area contributed by atoms with E-state index in [-0.39, 0.29) is 34.6 Å². The van der Waals surface area contributed by atoms with Crippen LogP contribution in [0.4, 0.5) is 29.2 Å². The topological polar surface area (TPSA) is 128 Å². The zero-order valence-electron chi connectivity index (χ0n) is 22.7. The van der Waals surface area contributed by atoms with Gasteiger partial charge in [0.05, 0.1) is 18.2 Å². The summed E-state index contributed by atoms with van der Waals surface area (Å²) in [5.41, 5.74) is 5.59. The maximum atomic E-state index is 15.5. The molecule has 3 N–H and O–H groups in total. The summed E-state index contributed by atoms with van der Waals surface area (Å²) in [6.45, 7) is 2.92. The van der Waals surface area contributed by atoms with Gasteiger partial charge in [0.2, 0.25) is 5.91 Å². The number of nitrogens with two attached hydrogens (primary N) is 1. The van der Waals surface area contributed by atoms with E-state index in [9.17, 15) is 22.8 Å². The number of imidazole rings is 1. The number of fused-ring (bicyclic) bond motifs is 1. The SMILES string of the molecule is CCC(=O)N1CCCC(c2nc(-c3cc(F)c(C(=O)Nc4cc(C(F)(F)F)ccn4)cc3OC)c3c(N)nccn23)C1. The number of pyridine rings is 1. The van der Waals surface area contributed by atoms with Crippen molar-refractivity contribution in [2.24, 2.45) is 0 Å². The quantitative estimate of drug-likeness (QED) is 0.308. The predicted octanol–water partition coefficient (Wildman–Crippen LogP) is 4.91. The van der Waals surface area contributed by atoms with E-state index in [1.54, 1.807) is 15.5 Å². The summed E-state index contributed by atoms with van der Waals surface area (Å²) in [6, 6.07) is 3.59. The van der Waals surface area contributed by atoms with Crippen molar-refractivity contribution in [3.8, 4) is 17.0 Å². The molecule has 42 heavy (non-hydrogen) atoms. The van der Waals surface area contributed by atoms with Crippen molar-refractivity contribution >= 4 is 29.0 Å². The van der Waals surface area contributed by atoms with Crippen molar-refractivity contribution in [2.45, 2.75) is 38.3 Å². The molecule has 0 saturated carbocycles. The van der Waals surface area contributed by atoms with Gasteiger partial charge in [0.1, 0.15) is 40.2 Å². The second-order valence-electron chi connectivity index (χ2n) is 9.80. The van der Waals surface area contributed by atoms with Crippen molar-refractivity contribution in [1.29, 1.82) is 0 Å². The number of anilines is 2. The van der Waals surface area contributed by atoms with Crippen molar-refractivity contribution in [2.75, 3.05) is 31.2 Å². The molecule has 1 aliphatic heterocycles. The van der Waals surface area contributed by atoms with Crippen molar-refractivity contribution in [3.05, 3.63) is 65.6 Å². The van der Waals surface area contributed by atoms with Crippen LogP contribution < -0.4 is 15.8 Å². The lowest BCUT2D eigenvalue weighted by molar-refractivity contribution is -0.137. The Bertz CT molecular complexity index is 1670. The first-order valence-electron chi connectivity index (χ1n) is 13.1. The average molecular weight is 586 g/mol. The Morgan fingerprint density at radius 2 is 1.98 bits per heavy atom. The fraction of sp³-hybridized carbons (Fsp3) is 0.321. The van der Waals surface area contributed by atoms with Crippen LogP contribution in [0.5, 0.6) is 5.75 Å². The van der Waals surface area contributed by atoms with Gasteiger partial charge in [0, 0.05) is 49.6 Å². The second kappa shape index (κ2) is 11.3. The van der Waals surface area contributed by atoms with E-state index in [2.05, 4.69) is 15.3 Å². The molecule has 4 aromatic rings. The third-order valence-corrected chi connectivity index (χ3v) is 7.17. The lowest BCUT2D eigenvalue weighted by atomic mass is 9.97. The highest BCUT2D eigenvalue weighted by Gasteiger charge is 2.32. The van der Waals surface area contributed by atoms with Crippen molar-refractivity contribution in [1.82, 2.24) is 24.3 Å². The Hall–Kier alpha value is -4.75. The molecule has 1 saturated heterocycles. The summed E-state index contributed by atoms with van der Waals surface area (Å²) in [7, 11) is 1.32.